The molecule has 2 amide bonds. The lowest BCUT2D eigenvalue weighted by Gasteiger charge is -2.35. The maximum atomic E-state index is 13.7. The van der Waals surface area contributed by atoms with Crippen molar-refractivity contribution in [3.63, 3.8) is 0 Å². The number of carbonyl (C=O) groups is 4. The normalized spacial score (nSPS) is 14.4. The van der Waals surface area contributed by atoms with Crippen LogP contribution in [-0.2, 0) is 23.9 Å². The smallest absolute Gasteiger partial charge is 0.460 e. The fourth-order valence-corrected chi connectivity index (χ4v) is 4.41. The number of nitrogens with one attached hydrogen (secondary N) is 1. The Labute approximate surface area is 255 Å². The van der Waals surface area contributed by atoms with Gasteiger partial charge in [-0.2, -0.15) is 0 Å². The van der Waals surface area contributed by atoms with Gasteiger partial charge in [0.2, 0.25) is 5.91 Å². The van der Waals surface area contributed by atoms with E-state index in [-0.39, 0.29) is 57.2 Å². The first kappa shape index (κ1) is 32.1. The summed E-state index contributed by atoms with van der Waals surface area (Å²) in [6.07, 6.45) is 3.93. The molecular weight excluding hydrogens is 570 g/mol. The van der Waals surface area contributed by atoms with E-state index in [0.29, 0.717) is 17.2 Å². The summed E-state index contributed by atoms with van der Waals surface area (Å²) in [6.45, 7) is 8.07. The van der Waals surface area contributed by atoms with Gasteiger partial charge in [-0.1, -0.05) is 30.3 Å². The van der Waals surface area contributed by atoms with E-state index in [2.05, 4.69) is 20.3 Å². The second kappa shape index (κ2) is 14.6. The summed E-state index contributed by atoms with van der Waals surface area (Å²) in [6, 6.07) is 9.64. The minimum Gasteiger partial charge on any atom is -0.460 e. The molecule has 234 valence electrons. The fraction of sp³-hybridized carbons (Fsp3) is 0.433. The summed E-state index contributed by atoms with van der Waals surface area (Å²) in [5, 5.41) is 4.20. The zero-order chi connectivity index (χ0) is 31.7. The number of benzene rings is 1. The number of imidazole rings is 1. The molecule has 4 rings (SSSR count). The highest BCUT2D eigenvalue weighted by Crippen LogP contribution is 2.19. The Morgan fingerprint density at radius 1 is 1.02 bits per heavy atom. The van der Waals surface area contributed by atoms with Crippen molar-refractivity contribution in [3.05, 3.63) is 60.8 Å². The van der Waals surface area contributed by atoms with Gasteiger partial charge in [-0.15, -0.1) is 5.06 Å². The average molecular weight is 608 g/mol. The monoisotopic (exact) mass is 607 g/mol. The SMILES string of the molecule is CCOC(=O)ON1CCN(C(=O)[C@H](CCC(=O)OC(C)(C)C)NC(=O)c2cc(-n3ccnc3)nc(-c3ccccc3)n2)CC1. The lowest BCUT2D eigenvalue weighted by Crippen LogP contribution is -2.55. The first-order chi connectivity index (χ1) is 21.0. The predicted octanol–water partition coefficient (Wildman–Crippen LogP) is 2.78. The third-order valence-electron chi connectivity index (χ3n) is 6.42. The third-order valence-corrected chi connectivity index (χ3v) is 6.42. The van der Waals surface area contributed by atoms with E-state index in [1.54, 1.807) is 55.9 Å². The summed E-state index contributed by atoms with van der Waals surface area (Å²) in [7, 11) is 0. The van der Waals surface area contributed by atoms with E-state index in [1.807, 2.05) is 30.3 Å². The molecule has 1 aliphatic rings. The molecule has 0 radical (unpaired) electrons. The molecule has 0 bridgehead atoms. The Morgan fingerprint density at radius 2 is 1.75 bits per heavy atom. The first-order valence-electron chi connectivity index (χ1n) is 14.4. The summed E-state index contributed by atoms with van der Waals surface area (Å²) in [5.74, 6) is -0.761. The van der Waals surface area contributed by atoms with Crippen LogP contribution < -0.4 is 5.32 Å². The van der Waals surface area contributed by atoms with Crippen molar-refractivity contribution in [2.24, 2.45) is 0 Å². The zero-order valence-corrected chi connectivity index (χ0v) is 25.3. The summed E-state index contributed by atoms with van der Waals surface area (Å²) < 4.78 is 11.9. The highest BCUT2D eigenvalue weighted by Gasteiger charge is 2.31. The maximum Gasteiger partial charge on any atom is 0.527 e. The van der Waals surface area contributed by atoms with Crippen LogP contribution in [0.1, 0.15) is 51.0 Å². The van der Waals surface area contributed by atoms with Crippen molar-refractivity contribution in [1.29, 1.82) is 0 Å². The lowest BCUT2D eigenvalue weighted by molar-refractivity contribution is -0.158. The molecule has 44 heavy (non-hydrogen) atoms. The Bertz CT molecular complexity index is 1430. The molecule has 1 saturated heterocycles. The number of rotatable bonds is 10. The van der Waals surface area contributed by atoms with Gasteiger partial charge in [0.15, 0.2) is 5.82 Å². The van der Waals surface area contributed by atoms with Gasteiger partial charge >= 0.3 is 12.1 Å². The van der Waals surface area contributed by atoms with Crippen LogP contribution >= 0.6 is 0 Å². The number of nitrogens with zero attached hydrogens (tertiary/aromatic N) is 6. The Balaban J connectivity index is 1.54. The van der Waals surface area contributed by atoms with Crippen LogP contribution in [-0.4, -0.2) is 97.8 Å². The molecule has 1 N–H and O–H groups in total. The van der Waals surface area contributed by atoms with Gasteiger partial charge in [-0.05, 0) is 34.1 Å². The van der Waals surface area contributed by atoms with E-state index in [9.17, 15) is 19.2 Å². The van der Waals surface area contributed by atoms with Crippen molar-refractivity contribution in [3.8, 4) is 17.2 Å². The molecule has 0 saturated carbocycles. The van der Waals surface area contributed by atoms with Crippen LogP contribution in [0.15, 0.2) is 55.1 Å². The summed E-state index contributed by atoms with van der Waals surface area (Å²) in [5.41, 5.74) is 0.0300. The van der Waals surface area contributed by atoms with Gasteiger partial charge < -0.3 is 24.5 Å². The highest BCUT2D eigenvalue weighted by molar-refractivity contribution is 5.97. The predicted molar refractivity (Wildman–Crippen MR) is 157 cm³/mol. The third kappa shape index (κ3) is 9.07. The van der Waals surface area contributed by atoms with Crippen LogP contribution in [0.25, 0.3) is 17.2 Å². The highest BCUT2D eigenvalue weighted by atomic mass is 16.8. The number of hydrogen-bond donors (Lipinski definition) is 1. The van der Waals surface area contributed by atoms with Crippen LogP contribution in [0.4, 0.5) is 4.79 Å². The molecule has 3 heterocycles. The fourth-order valence-electron chi connectivity index (χ4n) is 4.41. The van der Waals surface area contributed by atoms with Crippen LogP contribution in [0, 0.1) is 0 Å². The topological polar surface area (TPSA) is 158 Å². The van der Waals surface area contributed by atoms with Crippen molar-refractivity contribution >= 4 is 23.9 Å². The molecule has 14 heteroatoms. The summed E-state index contributed by atoms with van der Waals surface area (Å²) >= 11 is 0. The minimum absolute atomic E-state index is 0.00400. The van der Waals surface area contributed by atoms with Gasteiger partial charge in [0, 0.05) is 43.5 Å². The first-order valence-corrected chi connectivity index (χ1v) is 14.4. The molecule has 0 spiro atoms. The molecule has 3 aromatic rings. The van der Waals surface area contributed by atoms with E-state index >= 15 is 0 Å². The van der Waals surface area contributed by atoms with Gasteiger partial charge in [0.05, 0.1) is 19.7 Å². The number of hydrogen-bond acceptors (Lipinski definition) is 11. The Morgan fingerprint density at radius 3 is 2.39 bits per heavy atom. The van der Waals surface area contributed by atoms with Crippen molar-refractivity contribution < 1.29 is 33.5 Å². The molecule has 1 aliphatic heterocycles. The molecule has 0 unspecified atom stereocenters. The van der Waals surface area contributed by atoms with E-state index < -0.39 is 29.7 Å². The van der Waals surface area contributed by atoms with Gasteiger partial charge in [0.1, 0.15) is 29.5 Å². The zero-order valence-electron chi connectivity index (χ0n) is 25.3. The number of carbonyl (C=O) groups excluding carboxylic acids is 4. The molecule has 1 aromatic carbocycles. The van der Waals surface area contributed by atoms with Crippen LogP contribution in [0.5, 0.6) is 0 Å². The number of ether oxygens (including phenoxy) is 2. The van der Waals surface area contributed by atoms with Gasteiger partial charge in [-0.25, -0.2) is 19.7 Å². The molecule has 1 atom stereocenters. The van der Waals surface area contributed by atoms with Gasteiger partial charge in [-0.3, -0.25) is 19.0 Å². The molecule has 0 aliphatic carbocycles. The van der Waals surface area contributed by atoms with Crippen LogP contribution in [0.2, 0.25) is 0 Å². The van der Waals surface area contributed by atoms with E-state index in [4.69, 9.17) is 14.3 Å². The Hall–Kier alpha value is -4.85. The Kier molecular flexibility index (Phi) is 10.6. The van der Waals surface area contributed by atoms with Crippen LogP contribution in [0.3, 0.4) is 0 Å². The van der Waals surface area contributed by atoms with Crippen molar-refractivity contribution in [2.75, 3.05) is 32.8 Å². The second-order valence-corrected chi connectivity index (χ2v) is 11.0. The standard InChI is InChI=1S/C30H37N7O7/c1-5-42-29(41)44-37-17-15-35(16-18-37)28(40)22(11-12-25(38)43-30(2,3)4)33-27(39)23-19-24(36-14-13-31-20-36)34-26(32-23)21-9-7-6-8-10-21/h6-10,13-14,19-20,22H,5,11-12,15-18H2,1-4H3,(H,33,39)/t22-/m0/s1. The largest absolute Gasteiger partial charge is 0.527 e. The number of aromatic nitrogens is 4. The lowest BCUT2D eigenvalue weighted by atomic mass is 10.1. The number of esters is 1. The van der Waals surface area contributed by atoms with E-state index in [1.165, 1.54) is 11.1 Å². The maximum absolute atomic E-state index is 13.7. The summed E-state index contributed by atoms with van der Waals surface area (Å²) in [4.78, 5) is 71.4. The number of piperazine rings is 1. The average Bonchev–Trinajstić information content (AvgIpc) is 3.54. The van der Waals surface area contributed by atoms with Crippen molar-refractivity contribution in [1.82, 2.24) is 34.8 Å². The molecular formula is C30H37N7O7. The quantitative estimate of drug-likeness (QED) is 0.338. The molecule has 2 aromatic heterocycles. The number of amides is 2. The second-order valence-electron chi connectivity index (χ2n) is 11.0. The molecule has 14 nitrogen and oxygen atoms in total. The van der Waals surface area contributed by atoms with Gasteiger partial charge in [0.25, 0.3) is 5.91 Å². The number of hydroxylamine groups is 2. The molecule has 1 fully saturated rings. The van der Waals surface area contributed by atoms with E-state index in [0.717, 1.165) is 0 Å². The minimum atomic E-state index is -1.06. The van der Waals surface area contributed by atoms with Crippen molar-refractivity contribution in [2.45, 2.75) is 52.2 Å².